The Labute approximate surface area is 155 Å². The van der Waals surface area contributed by atoms with Crippen LogP contribution in [0.2, 0.25) is 0 Å². The molecule has 142 valence electrons. The van der Waals surface area contributed by atoms with Crippen LogP contribution in [0.25, 0.3) is 0 Å². The zero-order valence-electron chi connectivity index (χ0n) is 14.5. The maximum atomic E-state index is 13.5. The van der Waals surface area contributed by atoms with Crippen LogP contribution in [0.5, 0.6) is 5.75 Å². The van der Waals surface area contributed by atoms with Gasteiger partial charge in [0.2, 0.25) is 5.91 Å². The normalized spacial score (nSPS) is 15.6. The van der Waals surface area contributed by atoms with E-state index in [0.29, 0.717) is 12.0 Å². The van der Waals surface area contributed by atoms with Crippen LogP contribution in [0.4, 0.5) is 8.78 Å². The number of carbonyl (C=O) groups is 2. The minimum atomic E-state index is -1.04. The number of hydrogen-bond donors (Lipinski definition) is 1. The number of carboxylic acids is 1. The Kier molecular flexibility index (Phi) is 5.69. The molecule has 2 aromatic rings. The van der Waals surface area contributed by atoms with Crippen molar-refractivity contribution in [3.63, 3.8) is 0 Å². The maximum Gasteiger partial charge on any atom is 0.305 e. The topological polar surface area (TPSA) is 66.8 Å². The van der Waals surface area contributed by atoms with Crippen molar-refractivity contribution in [1.29, 1.82) is 0 Å². The van der Waals surface area contributed by atoms with Gasteiger partial charge in [0, 0.05) is 13.1 Å². The summed E-state index contributed by atoms with van der Waals surface area (Å²) in [5, 5.41) is 8.96. The highest BCUT2D eigenvalue weighted by molar-refractivity contribution is 5.80. The van der Waals surface area contributed by atoms with Crippen LogP contribution in [-0.2, 0) is 22.6 Å². The fourth-order valence-electron chi connectivity index (χ4n) is 3.10. The zero-order chi connectivity index (χ0) is 19.4. The van der Waals surface area contributed by atoms with Crippen molar-refractivity contribution in [3.8, 4) is 5.75 Å². The number of amides is 1. The largest absolute Gasteiger partial charge is 0.492 e. The molecule has 0 aromatic heterocycles. The quantitative estimate of drug-likeness (QED) is 0.843. The molecule has 0 radical (unpaired) electrons. The summed E-state index contributed by atoms with van der Waals surface area (Å²) in [6, 6.07) is 10.8. The number of nitrogens with zero attached hydrogens (tertiary/aromatic N) is 1. The van der Waals surface area contributed by atoms with Gasteiger partial charge in [0.1, 0.15) is 12.4 Å². The van der Waals surface area contributed by atoms with E-state index in [2.05, 4.69) is 0 Å². The molecule has 1 aliphatic rings. The summed E-state index contributed by atoms with van der Waals surface area (Å²) in [7, 11) is 0. The molecule has 1 aliphatic heterocycles. The van der Waals surface area contributed by atoms with Gasteiger partial charge >= 0.3 is 5.97 Å². The SMILES string of the molecule is O=C(O)CCN(Cc1ccc(F)c(F)c1)C(=O)C1COc2ccccc2C1. The first-order chi connectivity index (χ1) is 12.9. The number of rotatable bonds is 6. The number of para-hydroxylation sites is 1. The van der Waals surface area contributed by atoms with Crippen molar-refractivity contribution >= 4 is 11.9 Å². The van der Waals surface area contributed by atoms with Crippen LogP contribution in [-0.4, -0.2) is 35.0 Å². The summed E-state index contributed by atoms with van der Waals surface area (Å²) in [5.41, 5.74) is 1.30. The molecule has 0 aliphatic carbocycles. The molecule has 0 spiro atoms. The number of ether oxygens (including phenoxy) is 1. The summed E-state index contributed by atoms with van der Waals surface area (Å²) in [5.74, 6) is -3.01. The monoisotopic (exact) mass is 375 g/mol. The van der Waals surface area contributed by atoms with Crippen molar-refractivity contribution in [2.45, 2.75) is 19.4 Å². The van der Waals surface area contributed by atoms with E-state index >= 15 is 0 Å². The van der Waals surface area contributed by atoms with Crippen molar-refractivity contribution in [2.24, 2.45) is 5.92 Å². The maximum absolute atomic E-state index is 13.5. The zero-order valence-corrected chi connectivity index (χ0v) is 14.5. The third kappa shape index (κ3) is 4.61. The summed E-state index contributed by atoms with van der Waals surface area (Å²) in [4.78, 5) is 25.3. The molecule has 7 heteroatoms. The van der Waals surface area contributed by atoms with E-state index in [4.69, 9.17) is 9.84 Å². The average molecular weight is 375 g/mol. The lowest BCUT2D eigenvalue weighted by Crippen LogP contribution is -2.41. The van der Waals surface area contributed by atoms with Crippen molar-refractivity contribution in [2.75, 3.05) is 13.2 Å². The number of fused-ring (bicyclic) bond motifs is 1. The van der Waals surface area contributed by atoms with E-state index in [1.165, 1.54) is 11.0 Å². The molecule has 2 aromatic carbocycles. The van der Waals surface area contributed by atoms with Crippen LogP contribution >= 0.6 is 0 Å². The van der Waals surface area contributed by atoms with Gasteiger partial charge in [0.05, 0.1) is 12.3 Å². The lowest BCUT2D eigenvalue weighted by atomic mass is 9.95. The van der Waals surface area contributed by atoms with Gasteiger partial charge in [-0.25, -0.2) is 8.78 Å². The minimum absolute atomic E-state index is 0.00145. The van der Waals surface area contributed by atoms with Gasteiger partial charge in [0.25, 0.3) is 0 Å². The predicted octanol–water partition coefficient (Wildman–Crippen LogP) is 3.02. The number of carbonyl (C=O) groups excluding carboxylic acids is 1. The Bertz CT molecular complexity index is 856. The van der Waals surface area contributed by atoms with Gasteiger partial charge in [-0.2, -0.15) is 0 Å². The van der Waals surface area contributed by atoms with Gasteiger partial charge in [-0.3, -0.25) is 9.59 Å². The fraction of sp³-hybridized carbons (Fsp3) is 0.300. The molecule has 1 amide bonds. The van der Waals surface area contributed by atoms with Gasteiger partial charge in [-0.05, 0) is 35.7 Å². The first kappa shape index (κ1) is 18.8. The van der Waals surface area contributed by atoms with Crippen LogP contribution in [0.1, 0.15) is 17.5 Å². The van der Waals surface area contributed by atoms with Crippen molar-refractivity contribution < 1.29 is 28.2 Å². The number of hydrogen-bond acceptors (Lipinski definition) is 3. The lowest BCUT2D eigenvalue weighted by molar-refractivity contribution is -0.140. The summed E-state index contributed by atoms with van der Waals surface area (Å²) >= 11 is 0. The Balaban J connectivity index is 1.76. The molecule has 1 heterocycles. The van der Waals surface area contributed by atoms with Crippen molar-refractivity contribution in [3.05, 3.63) is 65.2 Å². The van der Waals surface area contributed by atoms with E-state index in [9.17, 15) is 18.4 Å². The molecule has 1 N–H and O–H groups in total. The minimum Gasteiger partial charge on any atom is -0.492 e. The fourth-order valence-corrected chi connectivity index (χ4v) is 3.10. The van der Waals surface area contributed by atoms with Crippen LogP contribution in [0.15, 0.2) is 42.5 Å². The standard InChI is InChI=1S/C20H19F2NO4/c21-16-6-5-13(9-17(16)22)11-23(8-7-19(24)25)20(26)15-10-14-3-1-2-4-18(14)27-12-15/h1-6,9,15H,7-8,10-12H2,(H,24,25). The number of carboxylic acid groups (broad SMARTS) is 1. The molecular formula is C20H19F2NO4. The van der Waals surface area contributed by atoms with E-state index in [-0.39, 0.29) is 32.0 Å². The molecule has 0 fully saturated rings. The number of aliphatic carboxylic acids is 1. The second-order valence-corrected chi connectivity index (χ2v) is 6.47. The van der Waals surface area contributed by atoms with Gasteiger partial charge in [-0.1, -0.05) is 24.3 Å². The molecule has 0 saturated heterocycles. The molecule has 3 rings (SSSR count). The lowest BCUT2D eigenvalue weighted by Gasteiger charge is -2.30. The van der Waals surface area contributed by atoms with Gasteiger partial charge < -0.3 is 14.7 Å². The van der Waals surface area contributed by atoms with Crippen molar-refractivity contribution in [1.82, 2.24) is 4.90 Å². The van der Waals surface area contributed by atoms with E-state index in [0.717, 1.165) is 23.4 Å². The first-order valence-electron chi connectivity index (χ1n) is 8.59. The smallest absolute Gasteiger partial charge is 0.305 e. The first-order valence-corrected chi connectivity index (χ1v) is 8.59. The third-order valence-electron chi connectivity index (χ3n) is 4.49. The Morgan fingerprint density at radius 1 is 1.15 bits per heavy atom. The molecule has 5 nitrogen and oxygen atoms in total. The van der Waals surface area contributed by atoms with Crippen LogP contribution in [0, 0.1) is 17.6 Å². The second kappa shape index (κ2) is 8.16. The molecule has 27 heavy (non-hydrogen) atoms. The van der Waals surface area contributed by atoms with Crippen LogP contribution in [0.3, 0.4) is 0 Å². The third-order valence-corrected chi connectivity index (χ3v) is 4.49. The highest BCUT2D eigenvalue weighted by Gasteiger charge is 2.30. The highest BCUT2D eigenvalue weighted by atomic mass is 19.2. The molecule has 0 bridgehead atoms. The Morgan fingerprint density at radius 2 is 1.93 bits per heavy atom. The molecule has 0 saturated carbocycles. The van der Waals surface area contributed by atoms with E-state index in [1.54, 1.807) is 0 Å². The second-order valence-electron chi connectivity index (χ2n) is 6.47. The summed E-state index contributed by atoms with van der Waals surface area (Å²) in [6.07, 6.45) is 0.246. The summed E-state index contributed by atoms with van der Waals surface area (Å²) < 4.78 is 32.2. The van der Waals surface area contributed by atoms with Gasteiger partial charge in [-0.15, -0.1) is 0 Å². The predicted molar refractivity (Wildman–Crippen MR) is 93.2 cm³/mol. The molecule has 1 atom stereocenters. The highest BCUT2D eigenvalue weighted by Crippen LogP contribution is 2.28. The number of halogens is 2. The Morgan fingerprint density at radius 3 is 2.67 bits per heavy atom. The van der Waals surface area contributed by atoms with E-state index in [1.807, 2.05) is 24.3 Å². The number of benzene rings is 2. The molecular weight excluding hydrogens is 356 g/mol. The van der Waals surface area contributed by atoms with Crippen LogP contribution < -0.4 is 4.74 Å². The summed E-state index contributed by atoms with van der Waals surface area (Å²) in [6.45, 7) is 0.171. The van der Waals surface area contributed by atoms with Gasteiger partial charge in [0.15, 0.2) is 11.6 Å². The Hall–Kier alpha value is -2.96. The molecule has 1 unspecified atom stereocenters. The average Bonchev–Trinajstić information content (AvgIpc) is 2.66. The van der Waals surface area contributed by atoms with E-state index < -0.39 is 23.5 Å².